The van der Waals surface area contributed by atoms with Crippen molar-refractivity contribution in [3.63, 3.8) is 0 Å². The van der Waals surface area contributed by atoms with Crippen LogP contribution >= 0.6 is 39.1 Å². The highest BCUT2D eigenvalue weighted by molar-refractivity contribution is 9.10. The minimum atomic E-state index is -0.488. The topological polar surface area (TPSA) is 0 Å². The van der Waals surface area contributed by atoms with Gasteiger partial charge in [-0.25, -0.2) is 0 Å². The third kappa shape index (κ3) is 2.15. The first-order chi connectivity index (χ1) is 4.70. The van der Waals surface area contributed by atoms with Gasteiger partial charge in [0.05, 0.1) is 0 Å². The zero-order valence-corrected chi connectivity index (χ0v) is 8.04. The summed E-state index contributed by atoms with van der Waals surface area (Å²) in [6.45, 7) is 0. The van der Waals surface area contributed by atoms with Gasteiger partial charge in [-0.1, -0.05) is 22.0 Å². The molecule has 0 spiro atoms. The zero-order valence-electron chi connectivity index (χ0n) is 4.94. The van der Waals surface area contributed by atoms with Crippen LogP contribution in [0.1, 0.15) is 10.4 Å². The highest BCUT2D eigenvalue weighted by Crippen LogP contribution is 2.25. The molecule has 0 heterocycles. The second kappa shape index (κ2) is 3.61. The molecule has 0 aromatic heterocycles. The van der Waals surface area contributed by atoms with E-state index in [9.17, 15) is 0 Å². The van der Waals surface area contributed by atoms with Crippen molar-refractivity contribution < 1.29 is 0 Å². The van der Waals surface area contributed by atoms with Gasteiger partial charge in [-0.3, -0.25) is 0 Å². The molecule has 1 aromatic rings. The summed E-state index contributed by atoms with van der Waals surface area (Å²) in [7, 11) is 0. The smallest absolute Gasteiger partial charge is 0.100 e. The molecule has 0 fully saturated rings. The summed E-state index contributed by atoms with van der Waals surface area (Å²) in [6.07, 6.45) is 0. The van der Waals surface area contributed by atoms with Gasteiger partial charge >= 0.3 is 0 Å². The Morgan fingerprint density at radius 3 is 2.60 bits per heavy atom. The van der Waals surface area contributed by atoms with Gasteiger partial charge in [-0.15, -0.1) is 23.2 Å². The first-order valence-corrected chi connectivity index (χ1v) is 4.32. The Balaban J connectivity index is 2.96. The molecule has 1 rings (SSSR count). The van der Waals surface area contributed by atoms with E-state index in [0.29, 0.717) is 0 Å². The predicted octanol–water partition coefficient (Wildman–Crippen LogP) is 3.73. The van der Waals surface area contributed by atoms with Gasteiger partial charge in [0, 0.05) is 4.47 Å². The molecule has 0 saturated carbocycles. The predicted molar refractivity (Wildman–Crippen MR) is 47.4 cm³/mol. The normalized spacial score (nSPS) is 10.4. The first kappa shape index (κ1) is 8.38. The fourth-order valence-corrected chi connectivity index (χ4v) is 1.21. The highest BCUT2D eigenvalue weighted by Gasteiger charge is 2.01. The van der Waals surface area contributed by atoms with Gasteiger partial charge in [0.1, 0.15) is 4.84 Å². The van der Waals surface area contributed by atoms with E-state index in [2.05, 4.69) is 22.0 Å². The minimum Gasteiger partial charge on any atom is -0.100 e. The van der Waals surface area contributed by atoms with Crippen molar-refractivity contribution >= 4 is 39.1 Å². The van der Waals surface area contributed by atoms with Gasteiger partial charge in [0.2, 0.25) is 0 Å². The highest BCUT2D eigenvalue weighted by atomic mass is 79.9. The standard InChI is InChI=1S/C7H4BrCl2/c8-6-3-1-2-5(4-6)7(9)10/h1,3-4,7H. The van der Waals surface area contributed by atoms with Crippen molar-refractivity contribution in [3.8, 4) is 0 Å². The van der Waals surface area contributed by atoms with E-state index < -0.39 is 4.84 Å². The fourth-order valence-electron chi connectivity index (χ4n) is 0.582. The fraction of sp³-hybridized carbons (Fsp3) is 0.143. The molecular weight excluding hydrogens is 235 g/mol. The third-order valence-corrected chi connectivity index (χ3v) is 1.98. The van der Waals surface area contributed by atoms with Crippen LogP contribution in [-0.2, 0) is 0 Å². The van der Waals surface area contributed by atoms with E-state index in [1.54, 1.807) is 6.07 Å². The van der Waals surface area contributed by atoms with E-state index in [0.717, 1.165) is 10.0 Å². The summed E-state index contributed by atoms with van der Waals surface area (Å²) in [4.78, 5) is -0.488. The van der Waals surface area contributed by atoms with Crippen molar-refractivity contribution in [2.24, 2.45) is 0 Å². The van der Waals surface area contributed by atoms with Crippen molar-refractivity contribution in [2.75, 3.05) is 0 Å². The Hall–Kier alpha value is 0.280. The van der Waals surface area contributed by atoms with E-state index in [1.165, 1.54) is 0 Å². The lowest BCUT2D eigenvalue weighted by Crippen LogP contribution is -1.79. The van der Waals surface area contributed by atoms with Crippen LogP contribution in [-0.4, -0.2) is 0 Å². The molecule has 1 aromatic carbocycles. The Morgan fingerprint density at radius 1 is 1.50 bits per heavy atom. The van der Waals surface area contributed by atoms with Gasteiger partial charge in [0.15, 0.2) is 0 Å². The molecule has 0 aliphatic rings. The van der Waals surface area contributed by atoms with Crippen LogP contribution in [0.15, 0.2) is 22.7 Å². The van der Waals surface area contributed by atoms with Crippen LogP contribution in [0.25, 0.3) is 0 Å². The summed E-state index contributed by atoms with van der Waals surface area (Å²) in [5, 5.41) is 0. The second-order valence-electron chi connectivity index (χ2n) is 1.76. The van der Waals surface area contributed by atoms with Crippen molar-refractivity contribution in [1.82, 2.24) is 0 Å². The Morgan fingerprint density at radius 2 is 2.20 bits per heavy atom. The Labute approximate surface area is 78.3 Å². The summed E-state index contributed by atoms with van der Waals surface area (Å²) in [5.41, 5.74) is 0.790. The first-order valence-electron chi connectivity index (χ1n) is 2.65. The molecule has 0 bridgehead atoms. The number of rotatable bonds is 1. The molecular formula is C7H4BrCl2. The van der Waals surface area contributed by atoms with Crippen LogP contribution in [0.4, 0.5) is 0 Å². The van der Waals surface area contributed by atoms with Crippen LogP contribution in [0.3, 0.4) is 0 Å². The quantitative estimate of drug-likeness (QED) is 0.655. The largest absolute Gasteiger partial charge is 0.133 e. The van der Waals surface area contributed by atoms with Crippen molar-refractivity contribution in [1.29, 1.82) is 0 Å². The van der Waals surface area contributed by atoms with Crippen LogP contribution in [0.2, 0.25) is 0 Å². The van der Waals surface area contributed by atoms with Crippen LogP contribution in [0.5, 0.6) is 0 Å². The molecule has 10 heavy (non-hydrogen) atoms. The van der Waals surface area contributed by atoms with Crippen molar-refractivity contribution in [3.05, 3.63) is 34.3 Å². The lowest BCUT2D eigenvalue weighted by atomic mass is 10.2. The maximum atomic E-state index is 5.59. The average molecular weight is 239 g/mol. The average Bonchev–Trinajstić information content (AvgIpc) is 1.88. The number of halogens is 3. The van der Waals surface area contributed by atoms with E-state index >= 15 is 0 Å². The molecule has 3 heteroatoms. The number of hydrogen-bond acceptors (Lipinski definition) is 0. The lowest BCUT2D eigenvalue weighted by molar-refractivity contribution is 1.33. The molecule has 53 valence electrons. The minimum absolute atomic E-state index is 0.488. The maximum absolute atomic E-state index is 5.59. The van der Waals surface area contributed by atoms with Crippen LogP contribution < -0.4 is 0 Å². The van der Waals surface area contributed by atoms with E-state index in [-0.39, 0.29) is 0 Å². The van der Waals surface area contributed by atoms with E-state index in [1.807, 2.05) is 12.1 Å². The van der Waals surface area contributed by atoms with Gasteiger partial charge in [-0.05, 0) is 23.8 Å². The number of alkyl halides is 2. The maximum Gasteiger partial charge on any atom is 0.133 e. The molecule has 0 atom stereocenters. The third-order valence-electron chi connectivity index (χ3n) is 1.02. The molecule has 0 unspecified atom stereocenters. The molecule has 0 aliphatic carbocycles. The molecule has 0 amide bonds. The second-order valence-corrected chi connectivity index (χ2v) is 3.77. The molecule has 0 saturated heterocycles. The van der Waals surface area contributed by atoms with Gasteiger partial charge < -0.3 is 0 Å². The molecule has 0 N–H and O–H groups in total. The van der Waals surface area contributed by atoms with Crippen LogP contribution in [0, 0.1) is 6.07 Å². The molecule has 0 nitrogen and oxygen atoms in total. The monoisotopic (exact) mass is 237 g/mol. The SMILES string of the molecule is ClC(Cl)c1[c]ccc(Br)c1. The number of hydrogen-bond donors (Lipinski definition) is 0. The number of benzene rings is 1. The Kier molecular flexibility index (Phi) is 3.02. The summed E-state index contributed by atoms with van der Waals surface area (Å²) in [6, 6.07) is 8.40. The molecule has 1 radical (unpaired) electrons. The van der Waals surface area contributed by atoms with Gasteiger partial charge in [0.25, 0.3) is 0 Å². The van der Waals surface area contributed by atoms with Gasteiger partial charge in [-0.2, -0.15) is 0 Å². The molecule has 0 aliphatic heterocycles. The van der Waals surface area contributed by atoms with Crippen molar-refractivity contribution in [2.45, 2.75) is 4.84 Å². The summed E-state index contributed by atoms with van der Waals surface area (Å²) in [5.74, 6) is 0. The van der Waals surface area contributed by atoms with E-state index in [4.69, 9.17) is 23.2 Å². The summed E-state index contributed by atoms with van der Waals surface area (Å²) >= 11 is 14.5. The Bertz CT molecular complexity index is 223. The summed E-state index contributed by atoms with van der Waals surface area (Å²) < 4.78 is 0.965. The zero-order chi connectivity index (χ0) is 7.56. The lowest BCUT2D eigenvalue weighted by Gasteiger charge is -1.99.